The standard InChI is InChI=1S/C12H18BrNO2S/c1-14-12(4-3-9-17(2,15)16)10-5-7-11(13)8-6-10/h5-8,12,14H,3-4,9H2,1-2H3. The monoisotopic (exact) mass is 319 g/mol. The maximum atomic E-state index is 11.1. The molecule has 1 atom stereocenters. The first kappa shape index (κ1) is 14.7. The van der Waals surface area contributed by atoms with Gasteiger partial charge in [-0.1, -0.05) is 28.1 Å². The van der Waals surface area contributed by atoms with Crippen LogP contribution >= 0.6 is 15.9 Å². The van der Waals surface area contributed by atoms with E-state index in [9.17, 15) is 8.42 Å². The van der Waals surface area contributed by atoms with Crippen molar-refractivity contribution in [2.45, 2.75) is 18.9 Å². The highest BCUT2D eigenvalue weighted by Gasteiger charge is 2.10. The lowest BCUT2D eigenvalue weighted by Gasteiger charge is -2.16. The Morgan fingerprint density at radius 3 is 2.35 bits per heavy atom. The van der Waals surface area contributed by atoms with Crippen LogP contribution in [0.5, 0.6) is 0 Å². The third kappa shape index (κ3) is 5.66. The zero-order chi connectivity index (χ0) is 12.9. The highest BCUT2D eigenvalue weighted by molar-refractivity contribution is 9.10. The SMILES string of the molecule is CNC(CCCS(C)(=O)=O)c1ccc(Br)cc1. The summed E-state index contributed by atoms with van der Waals surface area (Å²) >= 11 is 3.40. The molecule has 0 spiro atoms. The second-order valence-corrected chi connectivity index (χ2v) is 7.34. The lowest BCUT2D eigenvalue weighted by Crippen LogP contribution is -2.17. The minimum atomic E-state index is -2.85. The van der Waals surface area contributed by atoms with Crippen LogP contribution in [0.4, 0.5) is 0 Å². The van der Waals surface area contributed by atoms with Crippen LogP contribution in [-0.4, -0.2) is 27.5 Å². The van der Waals surface area contributed by atoms with Gasteiger partial charge in [-0.05, 0) is 37.6 Å². The summed E-state index contributed by atoms with van der Waals surface area (Å²) in [6.07, 6.45) is 2.78. The van der Waals surface area contributed by atoms with Crippen molar-refractivity contribution in [3.63, 3.8) is 0 Å². The van der Waals surface area contributed by atoms with Gasteiger partial charge in [0.05, 0.1) is 0 Å². The molecule has 1 N–H and O–H groups in total. The van der Waals surface area contributed by atoms with Gasteiger partial charge in [0.25, 0.3) is 0 Å². The Morgan fingerprint density at radius 2 is 1.88 bits per heavy atom. The van der Waals surface area contributed by atoms with Crippen LogP contribution in [0.1, 0.15) is 24.4 Å². The molecule has 17 heavy (non-hydrogen) atoms. The van der Waals surface area contributed by atoms with Gasteiger partial charge in [0, 0.05) is 22.5 Å². The van der Waals surface area contributed by atoms with E-state index in [0.717, 1.165) is 10.9 Å². The summed E-state index contributed by atoms with van der Waals surface area (Å²) in [7, 11) is -0.956. The number of benzene rings is 1. The first-order chi connectivity index (χ1) is 7.92. The fourth-order valence-electron chi connectivity index (χ4n) is 1.72. The largest absolute Gasteiger partial charge is 0.313 e. The number of hydrogen-bond donors (Lipinski definition) is 1. The van der Waals surface area contributed by atoms with Crippen molar-refractivity contribution in [3.05, 3.63) is 34.3 Å². The Kier molecular flexibility index (Phi) is 5.62. The third-order valence-corrected chi connectivity index (χ3v) is 4.19. The van der Waals surface area contributed by atoms with Gasteiger partial charge in [-0.15, -0.1) is 0 Å². The van der Waals surface area contributed by atoms with E-state index >= 15 is 0 Å². The Morgan fingerprint density at radius 1 is 1.29 bits per heavy atom. The summed E-state index contributed by atoms with van der Waals surface area (Å²) in [4.78, 5) is 0. The average Bonchev–Trinajstić information content (AvgIpc) is 2.24. The van der Waals surface area contributed by atoms with Gasteiger partial charge in [-0.3, -0.25) is 0 Å². The molecule has 1 rings (SSSR count). The average molecular weight is 320 g/mol. The normalized spacial score (nSPS) is 13.6. The van der Waals surface area contributed by atoms with Crippen LogP contribution < -0.4 is 5.32 Å². The van der Waals surface area contributed by atoms with Gasteiger partial charge in [0.1, 0.15) is 9.84 Å². The molecule has 0 heterocycles. The number of halogens is 1. The quantitative estimate of drug-likeness (QED) is 0.876. The van der Waals surface area contributed by atoms with Crippen LogP contribution in [0.25, 0.3) is 0 Å². The van der Waals surface area contributed by atoms with Gasteiger partial charge >= 0.3 is 0 Å². The van der Waals surface area contributed by atoms with E-state index in [-0.39, 0.29) is 11.8 Å². The molecule has 1 aromatic rings. The molecular formula is C12H18BrNO2S. The molecule has 3 nitrogen and oxygen atoms in total. The second kappa shape index (κ2) is 6.52. The highest BCUT2D eigenvalue weighted by Crippen LogP contribution is 2.20. The van der Waals surface area contributed by atoms with Crippen molar-refractivity contribution in [3.8, 4) is 0 Å². The topological polar surface area (TPSA) is 46.2 Å². The summed E-state index contributed by atoms with van der Waals surface area (Å²) in [5.74, 6) is 0.252. The predicted molar refractivity (Wildman–Crippen MR) is 74.9 cm³/mol. The van der Waals surface area contributed by atoms with Gasteiger partial charge in [0.15, 0.2) is 0 Å². The summed E-state index contributed by atoms with van der Waals surface area (Å²) < 4.78 is 23.2. The van der Waals surface area contributed by atoms with Crippen LogP contribution in [-0.2, 0) is 9.84 Å². The summed E-state index contributed by atoms with van der Waals surface area (Å²) in [6, 6.07) is 8.30. The molecule has 0 aliphatic carbocycles. The van der Waals surface area contributed by atoms with Crippen molar-refractivity contribution < 1.29 is 8.42 Å². The summed E-state index contributed by atoms with van der Waals surface area (Å²) in [5.41, 5.74) is 1.18. The van der Waals surface area contributed by atoms with E-state index in [4.69, 9.17) is 0 Å². The predicted octanol–water partition coefficient (Wildman–Crippen LogP) is 2.53. The lowest BCUT2D eigenvalue weighted by molar-refractivity contribution is 0.536. The minimum Gasteiger partial charge on any atom is -0.313 e. The van der Waals surface area contributed by atoms with Crippen LogP contribution in [0.2, 0.25) is 0 Å². The number of rotatable bonds is 6. The van der Waals surface area contributed by atoms with Gasteiger partial charge in [-0.2, -0.15) is 0 Å². The van der Waals surface area contributed by atoms with E-state index in [0.29, 0.717) is 6.42 Å². The van der Waals surface area contributed by atoms with Crippen LogP contribution in [0.3, 0.4) is 0 Å². The smallest absolute Gasteiger partial charge is 0.147 e. The Bertz CT molecular complexity index is 442. The molecule has 0 bridgehead atoms. The molecule has 0 saturated carbocycles. The number of nitrogens with one attached hydrogen (secondary N) is 1. The van der Waals surface area contributed by atoms with Crippen LogP contribution in [0.15, 0.2) is 28.7 Å². The third-order valence-electron chi connectivity index (χ3n) is 2.63. The molecule has 0 aliphatic heterocycles. The molecule has 96 valence electrons. The Hall–Kier alpha value is -0.390. The van der Waals surface area contributed by atoms with Gasteiger partial charge in [0.2, 0.25) is 0 Å². The fourth-order valence-corrected chi connectivity index (χ4v) is 2.68. The zero-order valence-electron chi connectivity index (χ0n) is 10.1. The Labute approximate surface area is 112 Å². The van der Waals surface area contributed by atoms with Crippen LogP contribution in [0, 0.1) is 0 Å². The lowest BCUT2D eigenvalue weighted by atomic mass is 10.0. The summed E-state index contributed by atoms with van der Waals surface area (Å²) in [5, 5.41) is 3.21. The Balaban J connectivity index is 2.57. The van der Waals surface area contributed by atoms with Crippen molar-refractivity contribution >= 4 is 25.8 Å². The highest BCUT2D eigenvalue weighted by atomic mass is 79.9. The number of hydrogen-bond acceptors (Lipinski definition) is 3. The maximum absolute atomic E-state index is 11.1. The first-order valence-corrected chi connectivity index (χ1v) is 8.38. The molecule has 0 aliphatic rings. The molecule has 1 unspecified atom stereocenters. The molecule has 1 aromatic carbocycles. The minimum absolute atomic E-state index is 0.213. The van der Waals surface area contributed by atoms with E-state index in [1.54, 1.807) is 0 Å². The number of sulfone groups is 1. The van der Waals surface area contributed by atoms with Gasteiger partial charge < -0.3 is 5.32 Å². The molecular weight excluding hydrogens is 302 g/mol. The van der Waals surface area contributed by atoms with Crippen molar-refractivity contribution in [1.82, 2.24) is 5.32 Å². The summed E-state index contributed by atoms with van der Waals surface area (Å²) in [6.45, 7) is 0. The molecule has 0 fully saturated rings. The molecule has 0 radical (unpaired) electrons. The molecule has 0 saturated heterocycles. The van der Waals surface area contributed by atoms with E-state index in [2.05, 4.69) is 21.2 Å². The van der Waals surface area contributed by atoms with E-state index in [1.807, 2.05) is 31.3 Å². The molecule has 5 heteroatoms. The van der Waals surface area contributed by atoms with E-state index < -0.39 is 9.84 Å². The second-order valence-electron chi connectivity index (χ2n) is 4.16. The fraction of sp³-hybridized carbons (Fsp3) is 0.500. The van der Waals surface area contributed by atoms with Gasteiger partial charge in [-0.25, -0.2) is 8.42 Å². The maximum Gasteiger partial charge on any atom is 0.147 e. The molecule has 0 aromatic heterocycles. The van der Waals surface area contributed by atoms with E-state index in [1.165, 1.54) is 11.8 Å². The molecule has 0 amide bonds. The van der Waals surface area contributed by atoms with Crippen molar-refractivity contribution in [2.24, 2.45) is 0 Å². The van der Waals surface area contributed by atoms with Crippen molar-refractivity contribution in [2.75, 3.05) is 19.1 Å². The zero-order valence-corrected chi connectivity index (χ0v) is 12.5. The van der Waals surface area contributed by atoms with Crippen molar-refractivity contribution in [1.29, 1.82) is 0 Å². The first-order valence-electron chi connectivity index (χ1n) is 5.53.